The first kappa shape index (κ1) is 21.3. The van der Waals surface area contributed by atoms with E-state index < -0.39 is 6.04 Å². The third-order valence-electron chi connectivity index (χ3n) is 4.56. The summed E-state index contributed by atoms with van der Waals surface area (Å²) in [7, 11) is 1.64. The molecule has 0 bridgehead atoms. The maximum Gasteiger partial charge on any atom is 0.247 e. The number of carbonyl (C=O) groups excluding carboxylic acids is 1. The van der Waals surface area contributed by atoms with E-state index in [2.05, 4.69) is 16.0 Å². The maximum absolute atomic E-state index is 12.9. The highest BCUT2D eigenvalue weighted by atomic mass is 32.1. The van der Waals surface area contributed by atoms with E-state index in [-0.39, 0.29) is 5.91 Å². The number of hydrogen-bond acceptors (Lipinski definition) is 3. The van der Waals surface area contributed by atoms with Crippen LogP contribution in [0.15, 0.2) is 84.9 Å². The van der Waals surface area contributed by atoms with Gasteiger partial charge >= 0.3 is 0 Å². The smallest absolute Gasteiger partial charge is 0.247 e. The topological polar surface area (TPSA) is 62.4 Å². The Hall–Kier alpha value is -3.38. The van der Waals surface area contributed by atoms with Gasteiger partial charge < -0.3 is 20.7 Å². The zero-order valence-electron chi connectivity index (χ0n) is 16.8. The molecule has 0 saturated heterocycles. The molecule has 1 atom stereocenters. The molecule has 0 heterocycles. The number of benzene rings is 3. The Morgan fingerprint density at radius 3 is 2.17 bits per heavy atom. The van der Waals surface area contributed by atoms with Gasteiger partial charge in [-0.1, -0.05) is 60.7 Å². The molecule has 0 aliphatic heterocycles. The van der Waals surface area contributed by atoms with Gasteiger partial charge in [-0.3, -0.25) is 4.79 Å². The number of hydrogen-bond donors (Lipinski definition) is 3. The summed E-state index contributed by atoms with van der Waals surface area (Å²) in [5.41, 5.74) is 2.86. The summed E-state index contributed by atoms with van der Waals surface area (Å²) in [5, 5.41) is 9.71. The Bertz CT molecular complexity index is 947. The molecule has 5 nitrogen and oxygen atoms in total. The molecule has 0 radical (unpaired) electrons. The summed E-state index contributed by atoms with van der Waals surface area (Å²) in [6, 6.07) is 26.5. The van der Waals surface area contributed by atoms with Crippen LogP contribution in [-0.4, -0.2) is 24.2 Å². The number of para-hydroxylation sites is 1. The molecule has 3 rings (SSSR count). The van der Waals surface area contributed by atoms with Gasteiger partial charge in [0.1, 0.15) is 11.8 Å². The average Bonchev–Trinajstić information content (AvgIpc) is 2.79. The standard InChI is InChI=1S/C24H25N3O2S/c1-29-21-14-12-19(13-15-21)17-25-24(30)27-22(16-18-8-4-2-5-9-18)23(28)26-20-10-6-3-7-11-20/h2-15,22H,16-17H2,1H3,(H,26,28)(H2,25,27,30). The molecule has 0 saturated carbocycles. The summed E-state index contributed by atoms with van der Waals surface area (Å²) in [5.74, 6) is 0.665. The van der Waals surface area contributed by atoms with E-state index in [9.17, 15) is 4.79 Å². The highest BCUT2D eigenvalue weighted by Gasteiger charge is 2.20. The Morgan fingerprint density at radius 1 is 0.900 bits per heavy atom. The molecule has 3 aromatic rings. The quantitative estimate of drug-likeness (QED) is 0.483. The fourth-order valence-corrected chi connectivity index (χ4v) is 3.16. The lowest BCUT2D eigenvalue weighted by Crippen LogP contribution is -2.48. The van der Waals surface area contributed by atoms with Crippen LogP contribution in [-0.2, 0) is 17.8 Å². The van der Waals surface area contributed by atoms with Crippen molar-refractivity contribution in [2.24, 2.45) is 0 Å². The van der Waals surface area contributed by atoms with Gasteiger partial charge in [0.15, 0.2) is 5.11 Å². The molecule has 6 heteroatoms. The SMILES string of the molecule is COc1ccc(CNC(=S)NC(Cc2ccccc2)C(=O)Nc2ccccc2)cc1. The van der Waals surface area contributed by atoms with E-state index in [0.29, 0.717) is 18.1 Å². The van der Waals surface area contributed by atoms with Gasteiger partial charge in [0.05, 0.1) is 7.11 Å². The highest BCUT2D eigenvalue weighted by molar-refractivity contribution is 7.80. The van der Waals surface area contributed by atoms with E-state index in [1.165, 1.54) is 0 Å². The number of amides is 1. The van der Waals surface area contributed by atoms with Crippen molar-refractivity contribution in [2.75, 3.05) is 12.4 Å². The Labute approximate surface area is 182 Å². The van der Waals surface area contributed by atoms with Crippen molar-refractivity contribution in [1.29, 1.82) is 0 Å². The van der Waals surface area contributed by atoms with Crippen molar-refractivity contribution in [3.8, 4) is 5.75 Å². The minimum atomic E-state index is -0.511. The number of rotatable bonds is 8. The monoisotopic (exact) mass is 419 g/mol. The molecular formula is C24H25N3O2S. The van der Waals surface area contributed by atoms with Crippen LogP contribution in [0.4, 0.5) is 5.69 Å². The van der Waals surface area contributed by atoms with Crippen molar-refractivity contribution >= 4 is 28.9 Å². The van der Waals surface area contributed by atoms with Gasteiger partial charge in [-0.2, -0.15) is 0 Å². The van der Waals surface area contributed by atoms with Crippen LogP contribution in [0.2, 0.25) is 0 Å². The second-order valence-corrected chi connectivity index (χ2v) is 7.18. The zero-order valence-corrected chi connectivity index (χ0v) is 17.6. The largest absolute Gasteiger partial charge is 0.497 e. The van der Waals surface area contributed by atoms with Gasteiger partial charge in [-0.25, -0.2) is 0 Å². The van der Waals surface area contributed by atoms with Crippen LogP contribution in [0.25, 0.3) is 0 Å². The van der Waals surface area contributed by atoms with Gasteiger partial charge in [0.2, 0.25) is 5.91 Å². The van der Waals surface area contributed by atoms with E-state index in [4.69, 9.17) is 17.0 Å². The Kier molecular flexibility index (Phi) is 7.80. The second kappa shape index (κ2) is 11.0. The van der Waals surface area contributed by atoms with Crippen molar-refractivity contribution in [3.05, 3.63) is 96.1 Å². The highest BCUT2D eigenvalue weighted by Crippen LogP contribution is 2.11. The maximum atomic E-state index is 12.9. The van der Waals surface area contributed by atoms with E-state index in [1.54, 1.807) is 7.11 Å². The second-order valence-electron chi connectivity index (χ2n) is 6.77. The molecule has 3 N–H and O–H groups in total. The van der Waals surface area contributed by atoms with Crippen molar-refractivity contribution in [1.82, 2.24) is 10.6 Å². The average molecular weight is 420 g/mol. The summed E-state index contributed by atoms with van der Waals surface area (Å²) in [6.07, 6.45) is 0.518. The number of carbonyl (C=O) groups is 1. The molecule has 3 aromatic carbocycles. The van der Waals surface area contributed by atoms with Crippen LogP contribution in [0.5, 0.6) is 5.75 Å². The molecule has 0 fully saturated rings. The lowest BCUT2D eigenvalue weighted by atomic mass is 10.1. The van der Waals surface area contributed by atoms with Crippen LogP contribution in [0.3, 0.4) is 0 Å². The van der Waals surface area contributed by atoms with Crippen LogP contribution in [0.1, 0.15) is 11.1 Å². The van der Waals surface area contributed by atoms with Crippen LogP contribution < -0.4 is 20.7 Å². The van der Waals surface area contributed by atoms with Crippen molar-refractivity contribution in [3.63, 3.8) is 0 Å². The van der Waals surface area contributed by atoms with Gasteiger partial charge in [0.25, 0.3) is 0 Å². The molecular weight excluding hydrogens is 394 g/mol. The number of methoxy groups -OCH3 is 1. The van der Waals surface area contributed by atoms with Crippen molar-refractivity contribution in [2.45, 2.75) is 19.0 Å². The third-order valence-corrected chi connectivity index (χ3v) is 4.82. The molecule has 0 aromatic heterocycles. The van der Waals surface area contributed by atoms with Gasteiger partial charge in [-0.15, -0.1) is 0 Å². The minimum Gasteiger partial charge on any atom is -0.497 e. The van der Waals surface area contributed by atoms with Gasteiger partial charge in [-0.05, 0) is 47.6 Å². The van der Waals surface area contributed by atoms with E-state index in [1.807, 2.05) is 84.9 Å². The number of nitrogens with one attached hydrogen (secondary N) is 3. The van der Waals surface area contributed by atoms with Crippen molar-refractivity contribution < 1.29 is 9.53 Å². The molecule has 0 spiro atoms. The first-order valence-corrected chi connectivity index (χ1v) is 10.1. The van der Waals surface area contributed by atoms with Crippen LogP contribution in [0, 0.1) is 0 Å². The first-order valence-electron chi connectivity index (χ1n) is 9.71. The number of ether oxygens (including phenoxy) is 1. The molecule has 30 heavy (non-hydrogen) atoms. The van der Waals surface area contributed by atoms with E-state index >= 15 is 0 Å². The Morgan fingerprint density at radius 2 is 1.53 bits per heavy atom. The van der Waals surface area contributed by atoms with Crippen LogP contribution >= 0.6 is 12.2 Å². The van der Waals surface area contributed by atoms with E-state index in [0.717, 1.165) is 22.6 Å². The molecule has 1 unspecified atom stereocenters. The Balaban J connectivity index is 1.62. The summed E-state index contributed by atoms with van der Waals surface area (Å²) >= 11 is 5.45. The fourth-order valence-electron chi connectivity index (χ4n) is 2.94. The summed E-state index contributed by atoms with van der Waals surface area (Å²) < 4.78 is 5.18. The minimum absolute atomic E-state index is 0.140. The summed E-state index contributed by atoms with van der Waals surface area (Å²) in [4.78, 5) is 12.9. The zero-order chi connectivity index (χ0) is 21.2. The predicted octanol–water partition coefficient (Wildman–Crippen LogP) is 3.91. The lowest BCUT2D eigenvalue weighted by molar-refractivity contribution is -0.117. The molecule has 154 valence electrons. The third kappa shape index (κ3) is 6.60. The normalized spacial score (nSPS) is 11.2. The molecule has 1 amide bonds. The lowest BCUT2D eigenvalue weighted by Gasteiger charge is -2.21. The molecule has 0 aliphatic carbocycles. The molecule has 0 aliphatic rings. The first-order chi connectivity index (χ1) is 14.6. The predicted molar refractivity (Wildman–Crippen MR) is 125 cm³/mol. The number of thiocarbonyl (C=S) groups is 1. The van der Waals surface area contributed by atoms with Gasteiger partial charge in [0, 0.05) is 18.7 Å². The number of anilines is 1. The summed E-state index contributed by atoms with van der Waals surface area (Å²) in [6.45, 7) is 0.550. The fraction of sp³-hybridized carbons (Fsp3) is 0.167.